The quantitative estimate of drug-likeness (QED) is 0.867. The minimum Gasteiger partial charge on any atom is -0.441 e. The largest absolute Gasteiger partial charge is 0.441 e. The summed E-state index contributed by atoms with van der Waals surface area (Å²) in [7, 11) is -1.32. The zero-order valence-corrected chi connectivity index (χ0v) is 14.2. The van der Waals surface area contributed by atoms with E-state index in [2.05, 4.69) is 10.3 Å². The predicted molar refractivity (Wildman–Crippen MR) is 89.6 cm³/mol. The van der Waals surface area contributed by atoms with Crippen LogP contribution in [0.1, 0.15) is 24.3 Å². The van der Waals surface area contributed by atoms with Crippen LogP contribution in [0.3, 0.4) is 0 Å². The van der Waals surface area contributed by atoms with Crippen molar-refractivity contribution in [1.29, 1.82) is 0 Å². The number of oxazole rings is 1. The maximum absolute atomic E-state index is 12.1. The third-order valence-corrected chi connectivity index (χ3v) is 5.04. The summed E-state index contributed by atoms with van der Waals surface area (Å²) in [5.41, 5.74) is 1.29. The van der Waals surface area contributed by atoms with Gasteiger partial charge in [-0.05, 0) is 31.9 Å². The normalized spacial score (nSPS) is 15.4. The summed E-state index contributed by atoms with van der Waals surface area (Å²) in [5, 5.41) is 3.38. The molecule has 1 aromatic heterocycles. The fourth-order valence-corrected chi connectivity index (χ4v) is 3.43. The molecule has 5 nitrogen and oxygen atoms in total. The third-order valence-electron chi connectivity index (χ3n) is 3.53. The summed E-state index contributed by atoms with van der Waals surface area (Å²) in [5.74, 6) is 1.01. The molecule has 1 aromatic carbocycles. The molecule has 0 radical (unpaired) electrons. The lowest BCUT2D eigenvalue weighted by Gasteiger charge is -2.02. The zero-order chi connectivity index (χ0) is 16.4. The van der Waals surface area contributed by atoms with Crippen molar-refractivity contribution in [1.82, 2.24) is 10.3 Å². The van der Waals surface area contributed by atoms with Crippen molar-refractivity contribution in [2.45, 2.75) is 31.6 Å². The number of rotatable bonds is 6. The number of halogens is 1. The van der Waals surface area contributed by atoms with E-state index in [9.17, 15) is 9.00 Å². The Hall–Kier alpha value is -1.66. The van der Waals surface area contributed by atoms with Gasteiger partial charge in [0.2, 0.25) is 11.8 Å². The summed E-state index contributed by atoms with van der Waals surface area (Å²) in [6.07, 6.45) is 2.03. The Morgan fingerprint density at radius 1 is 1.43 bits per heavy atom. The third kappa shape index (κ3) is 4.20. The second-order valence-electron chi connectivity index (χ2n) is 5.57. The van der Waals surface area contributed by atoms with Crippen molar-refractivity contribution in [2.24, 2.45) is 0 Å². The van der Waals surface area contributed by atoms with Gasteiger partial charge in [-0.15, -0.1) is 0 Å². The number of amides is 1. The summed E-state index contributed by atoms with van der Waals surface area (Å²) >= 11 is 6.14. The van der Waals surface area contributed by atoms with Crippen LogP contribution in [0.5, 0.6) is 0 Å². The zero-order valence-electron chi connectivity index (χ0n) is 12.7. The molecular formula is C16H17ClN2O3S. The Morgan fingerprint density at radius 2 is 2.17 bits per heavy atom. The monoisotopic (exact) mass is 352 g/mol. The van der Waals surface area contributed by atoms with Gasteiger partial charge in [-0.2, -0.15) is 0 Å². The highest BCUT2D eigenvalue weighted by molar-refractivity contribution is 7.84. The smallest absolute Gasteiger partial charge is 0.232 e. The number of carbonyl (C=O) groups is 1. The first-order valence-electron chi connectivity index (χ1n) is 7.38. The van der Waals surface area contributed by atoms with Gasteiger partial charge in [-0.25, -0.2) is 4.98 Å². The van der Waals surface area contributed by atoms with Gasteiger partial charge in [-0.1, -0.05) is 23.7 Å². The molecule has 1 aliphatic carbocycles. The van der Waals surface area contributed by atoms with Crippen LogP contribution in [-0.4, -0.2) is 26.9 Å². The van der Waals surface area contributed by atoms with E-state index in [1.54, 1.807) is 13.0 Å². The van der Waals surface area contributed by atoms with Crippen LogP contribution in [0, 0.1) is 6.92 Å². The maximum atomic E-state index is 12.1. The standard InChI is InChI=1S/C16H17ClN2O3S/c1-10-14(8-23(21)9-15(20)18-11-6-7-11)19-16(22-10)12-4-2-3-5-13(12)17/h2-5,11H,6-9H2,1H3,(H,18,20). The second kappa shape index (κ2) is 6.84. The van der Waals surface area contributed by atoms with Gasteiger partial charge in [0.15, 0.2) is 0 Å². The van der Waals surface area contributed by atoms with Crippen LogP contribution in [0.2, 0.25) is 5.02 Å². The predicted octanol–water partition coefficient (Wildman–Crippen LogP) is 2.83. The van der Waals surface area contributed by atoms with Crippen LogP contribution in [-0.2, 0) is 21.3 Å². The van der Waals surface area contributed by atoms with E-state index in [1.807, 2.05) is 18.2 Å². The molecule has 1 amide bonds. The molecule has 2 aromatic rings. The molecule has 122 valence electrons. The van der Waals surface area contributed by atoms with Gasteiger partial charge in [0.1, 0.15) is 11.5 Å². The number of hydrogen-bond acceptors (Lipinski definition) is 4. The van der Waals surface area contributed by atoms with Crippen LogP contribution in [0.15, 0.2) is 28.7 Å². The first-order valence-corrected chi connectivity index (χ1v) is 9.25. The molecule has 0 bridgehead atoms. The molecule has 1 heterocycles. The van der Waals surface area contributed by atoms with Gasteiger partial charge < -0.3 is 9.73 Å². The van der Waals surface area contributed by atoms with Gasteiger partial charge >= 0.3 is 0 Å². The fourth-order valence-electron chi connectivity index (χ4n) is 2.16. The Balaban J connectivity index is 1.67. The molecule has 1 N–H and O–H groups in total. The van der Waals surface area contributed by atoms with Crippen molar-refractivity contribution >= 4 is 28.3 Å². The van der Waals surface area contributed by atoms with Crippen molar-refractivity contribution in [3.8, 4) is 11.5 Å². The Morgan fingerprint density at radius 3 is 2.87 bits per heavy atom. The molecule has 23 heavy (non-hydrogen) atoms. The summed E-state index contributed by atoms with van der Waals surface area (Å²) in [4.78, 5) is 16.1. The number of hydrogen-bond donors (Lipinski definition) is 1. The lowest BCUT2D eigenvalue weighted by atomic mass is 10.2. The highest BCUT2D eigenvalue weighted by atomic mass is 35.5. The van der Waals surface area contributed by atoms with E-state index in [0.717, 1.165) is 12.8 Å². The Labute approximate surface area is 141 Å². The molecule has 0 saturated heterocycles. The van der Waals surface area contributed by atoms with Gasteiger partial charge in [0, 0.05) is 16.8 Å². The minimum absolute atomic E-state index is 0.00970. The first kappa shape index (κ1) is 16.2. The highest BCUT2D eigenvalue weighted by Gasteiger charge is 2.24. The lowest BCUT2D eigenvalue weighted by Crippen LogP contribution is -2.30. The summed E-state index contributed by atoms with van der Waals surface area (Å²) in [6.45, 7) is 1.77. The molecule has 7 heteroatoms. The average molecular weight is 353 g/mol. The highest BCUT2D eigenvalue weighted by Crippen LogP contribution is 2.28. The molecule has 1 fully saturated rings. The first-order chi connectivity index (χ1) is 11.0. The molecular weight excluding hydrogens is 336 g/mol. The number of nitrogens with one attached hydrogen (secondary N) is 1. The van der Waals surface area contributed by atoms with Crippen LogP contribution < -0.4 is 5.32 Å². The number of aryl methyl sites for hydroxylation is 1. The van der Waals surface area contributed by atoms with E-state index in [4.69, 9.17) is 16.0 Å². The van der Waals surface area contributed by atoms with Gasteiger partial charge in [0.25, 0.3) is 0 Å². The van der Waals surface area contributed by atoms with Gasteiger partial charge in [-0.3, -0.25) is 9.00 Å². The van der Waals surface area contributed by atoms with Crippen LogP contribution >= 0.6 is 11.6 Å². The fraction of sp³-hybridized carbons (Fsp3) is 0.375. The number of aromatic nitrogens is 1. The van der Waals surface area contributed by atoms with Crippen molar-refractivity contribution in [3.05, 3.63) is 40.7 Å². The topological polar surface area (TPSA) is 72.2 Å². The maximum Gasteiger partial charge on any atom is 0.232 e. The van der Waals surface area contributed by atoms with Crippen LogP contribution in [0.25, 0.3) is 11.5 Å². The molecule has 0 spiro atoms. The van der Waals surface area contributed by atoms with E-state index in [-0.39, 0.29) is 23.5 Å². The lowest BCUT2D eigenvalue weighted by molar-refractivity contribution is -0.118. The summed E-state index contributed by atoms with van der Waals surface area (Å²) in [6, 6.07) is 7.53. The molecule has 1 aliphatic rings. The molecule has 1 atom stereocenters. The van der Waals surface area contributed by atoms with Gasteiger partial charge in [0.05, 0.1) is 22.0 Å². The number of benzene rings is 1. The molecule has 0 aliphatic heterocycles. The molecule has 3 rings (SSSR count). The molecule has 1 unspecified atom stereocenters. The number of nitrogens with zero attached hydrogens (tertiary/aromatic N) is 1. The van der Waals surface area contributed by atoms with Crippen molar-refractivity contribution < 1.29 is 13.4 Å². The van der Waals surface area contributed by atoms with Crippen molar-refractivity contribution in [3.63, 3.8) is 0 Å². The Bertz CT molecular complexity index is 756. The SMILES string of the molecule is Cc1oc(-c2ccccc2Cl)nc1CS(=O)CC(=O)NC1CC1. The average Bonchev–Trinajstić information content (AvgIpc) is 3.22. The van der Waals surface area contributed by atoms with E-state index >= 15 is 0 Å². The number of carbonyl (C=O) groups excluding carboxylic acids is 1. The van der Waals surface area contributed by atoms with E-state index in [1.165, 1.54) is 0 Å². The van der Waals surface area contributed by atoms with Crippen molar-refractivity contribution in [2.75, 3.05) is 5.75 Å². The minimum atomic E-state index is -1.32. The van der Waals surface area contributed by atoms with E-state index in [0.29, 0.717) is 27.9 Å². The Kier molecular flexibility index (Phi) is 4.82. The molecule has 1 saturated carbocycles. The second-order valence-corrected chi connectivity index (χ2v) is 7.44. The summed E-state index contributed by atoms with van der Waals surface area (Å²) < 4.78 is 17.8. The van der Waals surface area contributed by atoms with E-state index < -0.39 is 10.8 Å². The van der Waals surface area contributed by atoms with Crippen LogP contribution in [0.4, 0.5) is 0 Å².